The Hall–Kier alpha value is -4.68. The fourth-order valence-corrected chi connectivity index (χ4v) is 8.37. The van der Waals surface area contributed by atoms with Crippen molar-refractivity contribution in [3.05, 3.63) is 69.3 Å². The Morgan fingerprint density at radius 3 is 2.22 bits per heavy atom. The Kier molecular flexibility index (Phi) is 9.64. The van der Waals surface area contributed by atoms with E-state index in [9.17, 15) is 14.4 Å². The lowest BCUT2D eigenvalue weighted by molar-refractivity contribution is -0.134. The number of anilines is 1. The molecule has 0 spiro atoms. The summed E-state index contributed by atoms with van der Waals surface area (Å²) in [5.41, 5.74) is 7.66. The number of aromatic nitrogens is 3. The zero-order valence-electron chi connectivity index (χ0n) is 30.6. The van der Waals surface area contributed by atoms with Crippen molar-refractivity contribution in [2.75, 3.05) is 58.4 Å². The molecular formula is C39H49N7O5. The summed E-state index contributed by atoms with van der Waals surface area (Å²) >= 11 is 0. The number of imide groups is 1. The minimum atomic E-state index is -0.411. The largest absolute Gasteiger partial charge is 0.496 e. The lowest BCUT2D eigenvalue weighted by Crippen LogP contribution is -2.53. The van der Waals surface area contributed by atoms with Crippen molar-refractivity contribution in [3.63, 3.8) is 0 Å². The van der Waals surface area contributed by atoms with Crippen molar-refractivity contribution in [2.45, 2.75) is 58.0 Å². The smallest absolute Gasteiger partial charge is 0.253 e. The maximum Gasteiger partial charge on any atom is 0.253 e. The van der Waals surface area contributed by atoms with Gasteiger partial charge in [0.15, 0.2) is 0 Å². The highest BCUT2D eigenvalue weighted by Crippen LogP contribution is 2.38. The van der Waals surface area contributed by atoms with E-state index in [4.69, 9.17) is 14.6 Å². The highest BCUT2D eigenvalue weighted by molar-refractivity contribution is 6.03. The van der Waals surface area contributed by atoms with E-state index in [0.717, 1.165) is 120 Å². The van der Waals surface area contributed by atoms with Gasteiger partial charge in [-0.25, -0.2) is 0 Å². The molecule has 2 aromatic heterocycles. The van der Waals surface area contributed by atoms with Crippen LogP contribution in [0.3, 0.4) is 0 Å². The number of amides is 2. The number of hydrogen-bond donors (Lipinski definition) is 1. The maximum atomic E-state index is 12.7. The van der Waals surface area contributed by atoms with Crippen LogP contribution in [0, 0.1) is 13.8 Å². The van der Waals surface area contributed by atoms with Gasteiger partial charge in [0.2, 0.25) is 11.8 Å². The van der Waals surface area contributed by atoms with E-state index in [-0.39, 0.29) is 17.4 Å². The Balaban J connectivity index is 0.993. The molecular weight excluding hydrogens is 646 g/mol. The van der Waals surface area contributed by atoms with Crippen LogP contribution in [0.15, 0.2) is 41.3 Å². The molecule has 3 aliphatic rings. The van der Waals surface area contributed by atoms with Gasteiger partial charge >= 0.3 is 0 Å². The molecule has 0 aliphatic carbocycles. The Morgan fingerprint density at radius 1 is 0.882 bits per heavy atom. The molecule has 2 amide bonds. The monoisotopic (exact) mass is 695 g/mol. The zero-order valence-corrected chi connectivity index (χ0v) is 30.6. The molecule has 51 heavy (non-hydrogen) atoms. The van der Waals surface area contributed by atoms with Gasteiger partial charge in [-0.3, -0.25) is 34.2 Å². The second-order valence-corrected chi connectivity index (χ2v) is 14.3. The molecule has 3 aliphatic heterocycles. The van der Waals surface area contributed by atoms with Crippen molar-refractivity contribution in [3.8, 4) is 22.6 Å². The van der Waals surface area contributed by atoms with E-state index < -0.39 is 5.92 Å². The van der Waals surface area contributed by atoms with Gasteiger partial charge in [-0.15, -0.1) is 0 Å². The van der Waals surface area contributed by atoms with Gasteiger partial charge in [0.25, 0.3) is 5.56 Å². The van der Waals surface area contributed by atoms with Crippen LogP contribution in [-0.4, -0.2) is 95.5 Å². The molecule has 0 saturated carbocycles. The lowest BCUT2D eigenvalue weighted by Gasteiger charge is -2.43. The van der Waals surface area contributed by atoms with Crippen LogP contribution >= 0.6 is 0 Å². The molecule has 12 nitrogen and oxygen atoms in total. The topological polar surface area (TPSA) is 114 Å². The zero-order chi connectivity index (χ0) is 36.0. The first kappa shape index (κ1) is 34.8. The molecule has 1 N–H and O–H groups in total. The first-order valence-corrected chi connectivity index (χ1v) is 18.0. The second-order valence-electron chi connectivity index (χ2n) is 14.3. The molecule has 7 rings (SSSR count). The van der Waals surface area contributed by atoms with E-state index in [0.29, 0.717) is 18.9 Å². The highest BCUT2D eigenvalue weighted by Gasteiger charge is 2.33. The molecule has 0 bridgehead atoms. The summed E-state index contributed by atoms with van der Waals surface area (Å²) in [4.78, 5) is 44.5. The van der Waals surface area contributed by atoms with Crippen LogP contribution in [0.1, 0.15) is 54.0 Å². The predicted molar refractivity (Wildman–Crippen MR) is 198 cm³/mol. The number of piperidine rings is 2. The number of hydrogen-bond acceptors (Lipinski definition) is 9. The summed E-state index contributed by atoms with van der Waals surface area (Å²) in [6, 6.07) is 10.9. The minimum absolute atomic E-state index is 0.0153. The molecule has 5 heterocycles. The average Bonchev–Trinajstić information content (AvgIpc) is 3.48. The Bertz CT molecular complexity index is 2010. The van der Waals surface area contributed by atoms with Gasteiger partial charge in [0.1, 0.15) is 11.5 Å². The van der Waals surface area contributed by atoms with Crippen LogP contribution in [0.4, 0.5) is 5.69 Å². The number of carbonyl (C=O) groups excluding carboxylic acids is 2. The number of nitrogens with zero attached hydrogens (tertiary/aromatic N) is 6. The van der Waals surface area contributed by atoms with Gasteiger partial charge in [0, 0.05) is 82.0 Å². The normalized spacial score (nSPS) is 19.5. The van der Waals surface area contributed by atoms with Crippen LogP contribution in [0.5, 0.6) is 11.5 Å². The molecule has 1 unspecified atom stereocenters. The van der Waals surface area contributed by atoms with E-state index in [1.165, 1.54) is 0 Å². The maximum absolute atomic E-state index is 12.7. The van der Waals surface area contributed by atoms with Crippen LogP contribution in [0.25, 0.3) is 22.0 Å². The number of fused-ring (bicyclic) bond motifs is 1. The third-order valence-electron chi connectivity index (χ3n) is 11.4. The van der Waals surface area contributed by atoms with Crippen molar-refractivity contribution in [2.24, 2.45) is 14.1 Å². The van der Waals surface area contributed by atoms with Gasteiger partial charge in [-0.05, 0) is 75.5 Å². The molecule has 3 fully saturated rings. The van der Waals surface area contributed by atoms with Gasteiger partial charge in [-0.1, -0.05) is 12.1 Å². The average molecular weight is 696 g/mol. The number of likely N-dealkylation sites (tertiary alicyclic amines) is 1. The SMILES string of the molecule is COc1cc(-c2cn(C)c(=O)c(C)c2C)cc(OC)c1CN1CCC(N2CCN(c3cccc4c(C5CCC(=O)NC5=O)nn(C)c34)CC2)CC1. The summed E-state index contributed by atoms with van der Waals surface area (Å²) in [5, 5.41) is 8.27. The fourth-order valence-electron chi connectivity index (χ4n) is 8.37. The van der Waals surface area contributed by atoms with Crippen molar-refractivity contribution < 1.29 is 19.1 Å². The van der Waals surface area contributed by atoms with Gasteiger partial charge in [0.05, 0.1) is 42.6 Å². The molecule has 4 aromatic rings. The molecule has 2 aromatic carbocycles. The van der Waals surface area contributed by atoms with E-state index in [2.05, 4.69) is 44.3 Å². The number of nitrogens with one attached hydrogen (secondary N) is 1. The number of rotatable bonds is 8. The standard InChI is InChI=1S/C39H49N7O5/c1-24-25(2)39(49)42(3)22-30(24)26-20-33(50-5)31(34(21-26)51-6)23-44-14-12-27(13-15-44)45-16-18-46(19-17-45)32-9-7-8-28-36(41-43(4)37(28)32)29-10-11-35(47)40-38(29)48/h7-9,20-22,27,29H,10-19,23H2,1-6H3,(H,40,47,48). The van der Waals surface area contributed by atoms with Gasteiger partial charge in [-0.2, -0.15) is 5.10 Å². The first-order chi connectivity index (χ1) is 24.6. The first-order valence-electron chi connectivity index (χ1n) is 18.0. The van der Waals surface area contributed by atoms with E-state index >= 15 is 0 Å². The van der Waals surface area contributed by atoms with Crippen LogP contribution < -0.4 is 25.2 Å². The van der Waals surface area contributed by atoms with Crippen LogP contribution in [0.2, 0.25) is 0 Å². The number of ether oxygens (including phenoxy) is 2. The molecule has 12 heteroatoms. The second kappa shape index (κ2) is 14.1. The number of methoxy groups -OCH3 is 2. The van der Waals surface area contributed by atoms with Crippen molar-refractivity contribution in [1.29, 1.82) is 0 Å². The van der Waals surface area contributed by atoms with E-state index in [1.807, 2.05) is 37.8 Å². The third kappa shape index (κ3) is 6.51. The van der Waals surface area contributed by atoms with Gasteiger partial charge < -0.3 is 18.9 Å². The number of carbonyl (C=O) groups is 2. The number of benzene rings is 2. The predicted octanol–water partition coefficient (Wildman–Crippen LogP) is 3.88. The fraction of sp³-hybridized carbons (Fsp3) is 0.487. The number of pyridine rings is 1. The highest BCUT2D eigenvalue weighted by atomic mass is 16.5. The summed E-state index contributed by atoms with van der Waals surface area (Å²) < 4.78 is 15.4. The number of piperazine rings is 1. The lowest BCUT2D eigenvalue weighted by atomic mass is 9.92. The Labute approximate surface area is 298 Å². The summed E-state index contributed by atoms with van der Waals surface area (Å²) in [5.74, 6) is 0.709. The Morgan fingerprint density at radius 2 is 1.57 bits per heavy atom. The molecule has 0 radical (unpaired) electrons. The third-order valence-corrected chi connectivity index (χ3v) is 11.4. The summed E-state index contributed by atoms with van der Waals surface area (Å²) in [6.45, 7) is 10.4. The van der Waals surface area contributed by atoms with Crippen molar-refractivity contribution in [1.82, 2.24) is 29.5 Å². The van der Waals surface area contributed by atoms with Crippen molar-refractivity contribution >= 4 is 28.4 Å². The van der Waals surface area contributed by atoms with Crippen LogP contribution in [-0.2, 0) is 30.2 Å². The molecule has 3 saturated heterocycles. The molecule has 1 atom stereocenters. The number of aryl methyl sites for hydroxylation is 2. The molecule has 270 valence electrons. The number of para-hydroxylation sites is 1. The minimum Gasteiger partial charge on any atom is -0.496 e. The summed E-state index contributed by atoms with van der Waals surface area (Å²) in [6.07, 6.45) is 4.92. The quantitative estimate of drug-likeness (QED) is 0.275. The van der Waals surface area contributed by atoms with E-state index in [1.54, 1.807) is 25.8 Å². The summed E-state index contributed by atoms with van der Waals surface area (Å²) in [7, 11) is 7.15.